The molecule has 0 aromatic heterocycles. The monoisotopic (exact) mass is 265 g/mol. The highest BCUT2D eigenvalue weighted by atomic mass is 19.1. The predicted molar refractivity (Wildman–Crippen MR) is 75.9 cm³/mol. The largest absolute Gasteiger partial charge is 0.490 e. The first-order valence-electron chi connectivity index (χ1n) is 7.31. The average molecular weight is 265 g/mol. The molecule has 1 atom stereocenters. The molecule has 1 aromatic carbocycles. The molecule has 3 heteroatoms. The second-order valence-electron chi connectivity index (χ2n) is 5.48. The van der Waals surface area contributed by atoms with Crippen LogP contribution in [-0.4, -0.2) is 13.7 Å². The van der Waals surface area contributed by atoms with Crippen LogP contribution in [0.5, 0.6) is 5.75 Å². The standard InChI is InChI=1S/C16H24FNO/c1-12(18-2)14-9-6-10-15(17)16(14)19-11-13-7-4-3-5-8-13/h6,9-10,12-13,18H,3-5,7-8,11H2,1-2H3. The Hall–Kier alpha value is -1.09. The lowest BCUT2D eigenvalue weighted by Gasteiger charge is -2.23. The Labute approximate surface area is 115 Å². The van der Waals surface area contributed by atoms with Gasteiger partial charge in [0, 0.05) is 11.6 Å². The molecule has 2 rings (SSSR count). The van der Waals surface area contributed by atoms with Gasteiger partial charge in [0.1, 0.15) is 0 Å². The summed E-state index contributed by atoms with van der Waals surface area (Å²) in [6, 6.07) is 5.24. The number of hydrogen-bond donors (Lipinski definition) is 1. The maximum absolute atomic E-state index is 13.9. The molecule has 106 valence electrons. The third-order valence-corrected chi connectivity index (χ3v) is 4.09. The molecule has 1 unspecified atom stereocenters. The van der Waals surface area contributed by atoms with Crippen molar-refractivity contribution in [2.75, 3.05) is 13.7 Å². The summed E-state index contributed by atoms with van der Waals surface area (Å²) in [6.07, 6.45) is 6.32. The first-order chi connectivity index (χ1) is 9.22. The first kappa shape index (κ1) is 14.3. The average Bonchev–Trinajstić information content (AvgIpc) is 2.46. The Balaban J connectivity index is 2.05. The molecule has 1 aromatic rings. The van der Waals surface area contributed by atoms with Gasteiger partial charge in [-0.1, -0.05) is 31.4 Å². The van der Waals surface area contributed by atoms with Crippen molar-refractivity contribution in [2.45, 2.75) is 45.1 Å². The van der Waals surface area contributed by atoms with Crippen LogP contribution < -0.4 is 10.1 Å². The quantitative estimate of drug-likeness (QED) is 0.866. The van der Waals surface area contributed by atoms with Crippen LogP contribution in [-0.2, 0) is 0 Å². The number of rotatable bonds is 5. The van der Waals surface area contributed by atoms with Gasteiger partial charge in [0.05, 0.1) is 6.61 Å². The fraction of sp³-hybridized carbons (Fsp3) is 0.625. The number of benzene rings is 1. The lowest BCUT2D eigenvalue weighted by atomic mass is 9.90. The smallest absolute Gasteiger partial charge is 0.165 e. The fourth-order valence-electron chi connectivity index (χ4n) is 2.73. The maximum atomic E-state index is 13.9. The maximum Gasteiger partial charge on any atom is 0.165 e. The molecule has 0 radical (unpaired) electrons. The second kappa shape index (κ2) is 6.90. The van der Waals surface area contributed by atoms with Crippen LogP contribution in [0.1, 0.15) is 50.6 Å². The van der Waals surface area contributed by atoms with E-state index in [9.17, 15) is 4.39 Å². The third kappa shape index (κ3) is 3.69. The molecule has 0 aliphatic heterocycles. The summed E-state index contributed by atoms with van der Waals surface area (Å²) in [5.41, 5.74) is 0.901. The van der Waals surface area contributed by atoms with Gasteiger partial charge in [-0.15, -0.1) is 0 Å². The summed E-state index contributed by atoms with van der Waals surface area (Å²) in [6.45, 7) is 2.66. The summed E-state index contributed by atoms with van der Waals surface area (Å²) in [5, 5.41) is 3.14. The van der Waals surface area contributed by atoms with Gasteiger partial charge in [-0.3, -0.25) is 0 Å². The SMILES string of the molecule is CNC(C)c1cccc(F)c1OCC1CCCCC1. The molecule has 0 spiro atoms. The zero-order valence-electron chi connectivity index (χ0n) is 11.9. The fourth-order valence-corrected chi connectivity index (χ4v) is 2.73. The number of ether oxygens (including phenoxy) is 1. The first-order valence-corrected chi connectivity index (χ1v) is 7.31. The minimum Gasteiger partial charge on any atom is -0.490 e. The molecule has 1 N–H and O–H groups in total. The Kier molecular flexibility index (Phi) is 5.20. The predicted octanol–water partition coefficient (Wildman–Crippen LogP) is 4.07. The van der Waals surface area contributed by atoms with Gasteiger partial charge in [0.25, 0.3) is 0 Å². The van der Waals surface area contributed by atoms with Gasteiger partial charge >= 0.3 is 0 Å². The Morgan fingerprint density at radius 1 is 1.32 bits per heavy atom. The van der Waals surface area contributed by atoms with Crippen LogP contribution in [0.2, 0.25) is 0 Å². The van der Waals surface area contributed by atoms with Gasteiger partial charge < -0.3 is 10.1 Å². The molecule has 2 nitrogen and oxygen atoms in total. The van der Waals surface area contributed by atoms with E-state index in [1.54, 1.807) is 6.07 Å². The molecular weight excluding hydrogens is 241 g/mol. The van der Waals surface area contributed by atoms with Gasteiger partial charge in [-0.05, 0) is 38.8 Å². The zero-order valence-corrected chi connectivity index (χ0v) is 11.9. The molecule has 1 aliphatic rings. The van der Waals surface area contributed by atoms with E-state index in [0.717, 1.165) is 5.56 Å². The van der Waals surface area contributed by atoms with Gasteiger partial charge in [0.15, 0.2) is 11.6 Å². The zero-order chi connectivity index (χ0) is 13.7. The molecule has 0 saturated heterocycles. The van der Waals surface area contributed by atoms with Crippen LogP contribution in [0.25, 0.3) is 0 Å². The van der Waals surface area contributed by atoms with Gasteiger partial charge in [-0.25, -0.2) is 4.39 Å². The van der Waals surface area contributed by atoms with E-state index in [0.29, 0.717) is 18.3 Å². The normalized spacial score (nSPS) is 18.3. The highest BCUT2D eigenvalue weighted by Crippen LogP contribution is 2.30. The lowest BCUT2D eigenvalue weighted by Crippen LogP contribution is -2.18. The van der Waals surface area contributed by atoms with Crippen molar-refractivity contribution in [3.63, 3.8) is 0 Å². The van der Waals surface area contributed by atoms with Crippen LogP contribution in [0.4, 0.5) is 4.39 Å². The number of nitrogens with one attached hydrogen (secondary N) is 1. The van der Waals surface area contributed by atoms with Crippen molar-refractivity contribution >= 4 is 0 Å². The molecule has 1 aliphatic carbocycles. The summed E-state index contributed by atoms with van der Waals surface area (Å²) in [7, 11) is 1.88. The van der Waals surface area contributed by atoms with Crippen molar-refractivity contribution in [3.8, 4) is 5.75 Å². The van der Waals surface area contributed by atoms with E-state index in [1.807, 2.05) is 20.0 Å². The second-order valence-corrected chi connectivity index (χ2v) is 5.48. The van der Waals surface area contributed by atoms with Crippen molar-refractivity contribution in [1.82, 2.24) is 5.32 Å². The van der Waals surface area contributed by atoms with E-state index in [1.165, 1.54) is 38.2 Å². The molecule has 19 heavy (non-hydrogen) atoms. The van der Waals surface area contributed by atoms with Crippen LogP contribution in [0.3, 0.4) is 0 Å². The van der Waals surface area contributed by atoms with E-state index >= 15 is 0 Å². The van der Waals surface area contributed by atoms with Crippen molar-refractivity contribution in [3.05, 3.63) is 29.6 Å². The minimum absolute atomic E-state index is 0.0945. The van der Waals surface area contributed by atoms with Crippen molar-refractivity contribution < 1.29 is 9.13 Å². The van der Waals surface area contributed by atoms with E-state index in [2.05, 4.69) is 5.32 Å². The van der Waals surface area contributed by atoms with E-state index < -0.39 is 0 Å². The number of para-hydroxylation sites is 1. The van der Waals surface area contributed by atoms with E-state index in [4.69, 9.17) is 4.74 Å². The molecule has 1 fully saturated rings. The van der Waals surface area contributed by atoms with Gasteiger partial charge in [0.2, 0.25) is 0 Å². The topological polar surface area (TPSA) is 21.3 Å². The Bertz CT molecular complexity index is 402. The molecule has 0 amide bonds. The van der Waals surface area contributed by atoms with Crippen LogP contribution in [0.15, 0.2) is 18.2 Å². The lowest BCUT2D eigenvalue weighted by molar-refractivity contribution is 0.200. The molecule has 0 bridgehead atoms. The summed E-state index contributed by atoms with van der Waals surface area (Å²) in [4.78, 5) is 0. The van der Waals surface area contributed by atoms with E-state index in [-0.39, 0.29) is 11.9 Å². The molecule has 1 saturated carbocycles. The van der Waals surface area contributed by atoms with Gasteiger partial charge in [-0.2, -0.15) is 0 Å². The number of hydrogen-bond acceptors (Lipinski definition) is 2. The van der Waals surface area contributed by atoms with Crippen LogP contribution in [0, 0.1) is 11.7 Å². The highest BCUT2D eigenvalue weighted by Gasteiger charge is 2.18. The minimum atomic E-state index is -0.254. The van der Waals surface area contributed by atoms with Crippen molar-refractivity contribution in [1.29, 1.82) is 0 Å². The van der Waals surface area contributed by atoms with Crippen molar-refractivity contribution in [2.24, 2.45) is 5.92 Å². The molecular formula is C16H24FNO. The summed E-state index contributed by atoms with van der Waals surface area (Å²) < 4.78 is 19.8. The molecule has 0 heterocycles. The Morgan fingerprint density at radius 2 is 2.05 bits per heavy atom. The highest BCUT2D eigenvalue weighted by molar-refractivity contribution is 5.37. The Morgan fingerprint density at radius 3 is 2.74 bits per heavy atom. The third-order valence-electron chi connectivity index (χ3n) is 4.09. The summed E-state index contributed by atoms with van der Waals surface area (Å²) in [5.74, 6) is 0.761. The number of halogens is 1. The summed E-state index contributed by atoms with van der Waals surface area (Å²) >= 11 is 0. The van der Waals surface area contributed by atoms with Crippen LogP contribution >= 0.6 is 0 Å².